The van der Waals surface area contributed by atoms with Gasteiger partial charge in [-0.15, -0.1) is 0 Å². The van der Waals surface area contributed by atoms with Gasteiger partial charge in [-0.1, -0.05) is 24.3 Å². The van der Waals surface area contributed by atoms with E-state index in [9.17, 15) is 0 Å². The smallest absolute Gasteiger partial charge is 0.104 e. The molecule has 2 nitrogen and oxygen atoms in total. The highest BCUT2D eigenvalue weighted by atomic mass is 16.6. The molecule has 5 fully saturated rings. The summed E-state index contributed by atoms with van der Waals surface area (Å²) in [5.74, 6) is 3.09. The summed E-state index contributed by atoms with van der Waals surface area (Å²) in [6.45, 7) is 2.54. The molecule has 24 heavy (non-hydrogen) atoms. The molecule has 4 bridgehead atoms. The van der Waals surface area contributed by atoms with Gasteiger partial charge in [0, 0.05) is 6.61 Å². The van der Waals surface area contributed by atoms with Crippen molar-refractivity contribution in [2.45, 2.75) is 62.9 Å². The lowest BCUT2D eigenvalue weighted by atomic mass is 9.48. The van der Waals surface area contributed by atoms with Crippen LogP contribution in [-0.2, 0) is 21.3 Å². The summed E-state index contributed by atoms with van der Waals surface area (Å²) in [5.41, 5.74) is 3.66. The summed E-state index contributed by atoms with van der Waals surface area (Å²) < 4.78 is 10.8. The maximum absolute atomic E-state index is 5.64. The molecule has 0 N–H and O–H groups in total. The van der Waals surface area contributed by atoms with Crippen molar-refractivity contribution in [2.24, 2.45) is 17.8 Å². The molecule has 1 aliphatic heterocycles. The SMILES string of the molecule is c1cc(C23CC4CC(CC(C4)C2)C3)ccc1CCCOCC1CO1. The van der Waals surface area contributed by atoms with Crippen molar-refractivity contribution in [3.05, 3.63) is 35.4 Å². The topological polar surface area (TPSA) is 21.8 Å². The zero-order valence-corrected chi connectivity index (χ0v) is 14.7. The van der Waals surface area contributed by atoms with E-state index in [1.807, 2.05) is 0 Å². The Labute approximate surface area is 145 Å². The average Bonchev–Trinajstić information content (AvgIpc) is 3.38. The molecule has 0 amide bonds. The standard InChI is InChI=1S/C22H30O2/c1(7-23-14-21-15-24-21)2-16-3-5-20(6-4-16)22-11-17-8-18(12-22)10-19(9-17)13-22/h3-6,17-19,21H,1-2,7-15H2. The zero-order chi connectivity index (χ0) is 16.0. The minimum atomic E-state index is 0.393. The van der Waals surface area contributed by atoms with E-state index in [1.165, 1.54) is 44.1 Å². The van der Waals surface area contributed by atoms with Crippen molar-refractivity contribution in [1.82, 2.24) is 0 Å². The predicted molar refractivity (Wildman–Crippen MR) is 95.2 cm³/mol. The van der Waals surface area contributed by atoms with E-state index >= 15 is 0 Å². The molecule has 4 saturated carbocycles. The third kappa shape index (κ3) is 3.04. The molecule has 2 heteroatoms. The summed E-state index contributed by atoms with van der Waals surface area (Å²) in [6, 6.07) is 9.69. The van der Waals surface area contributed by atoms with E-state index in [0.717, 1.165) is 50.4 Å². The minimum absolute atomic E-state index is 0.393. The fourth-order valence-corrected chi connectivity index (χ4v) is 6.25. The van der Waals surface area contributed by atoms with Crippen LogP contribution >= 0.6 is 0 Å². The Morgan fingerprint density at radius 1 is 0.958 bits per heavy atom. The van der Waals surface area contributed by atoms with Crippen LogP contribution in [0.1, 0.15) is 56.1 Å². The number of rotatable bonds is 7. The second-order valence-electron chi connectivity index (χ2n) is 9.03. The van der Waals surface area contributed by atoms with Crippen LogP contribution in [0.2, 0.25) is 0 Å². The molecule has 0 spiro atoms. The number of benzene rings is 1. The minimum Gasteiger partial charge on any atom is -0.379 e. The molecule has 4 aliphatic carbocycles. The lowest BCUT2D eigenvalue weighted by Crippen LogP contribution is -2.48. The van der Waals surface area contributed by atoms with Crippen LogP contribution in [-0.4, -0.2) is 25.9 Å². The van der Waals surface area contributed by atoms with Crippen LogP contribution in [0, 0.1) is 17.8 Å². The third-order valence-corrected chi connectivity index (χ3v) is 7.06. The van der Waals surface area contributed by atoms with Gasteiger partial charge in [0.2, 0.25) is 0 Å². The molecular weight excluding hydrogens is 296 g/mol. The monoisotopic (exact) mass is 326 g/mol. The average molecular weight is 326 g/mol. The Morgan fingerprint density at radius 2 is 1.58 bits per heavy atom. The summed E-state index contributed by atoms with van der Waals surface area (Å²) in [4.78, 5) is 0. The number of ether oxygens (including phenoxy) is 2. The fraction of sp³-hybridized carbons (Fsp3) is 0.727. The highest BCUT2D eigenvalue weighted by Crippen LogP contribution is 2.60. The number of epoxide rings is 1. The molecule has 0 radical (unpaired) electrons. The van der Waals surface area contributed by atoms with Gasteiger partial charge >= 0.3 is 0 Å². The summed E-state index contributed by atoms with van der Waals surface area (Å²) in [6.07, 6.45) is 11.6. The van der Waals surface area contributed by atoms with Gasteiger partial charge in [-0.2, -0.15) is 0 Å². The van der Waals surface area contributed by atoms with Gasteiger partial charge in [-0.05, 0) is 85.7 Å². The third-order valence-electron chi connectivity index (χ3n) is 7.06. The Balaban J connectivity index is 1.19. The van der Waals surface area contributed by atoms with E-state index in [1.54, 1.807) is 5.56 Å². The van der Waals surface area contributed by atoms with Crippen molar-refractivity contribution in [1.29, 1.82) is 0 Å². The molecular formula is C22H30O2. The van der Waals surface area contributed by atoms with Gasteiger partial charge in [0.05, 0.1) is 13.2 Å². The van der Waals surface area contributed by atoms with Crippen LogP contribution in [0.25, 0.3) is 0 Å². The van der Waals surface area contributed by atoms with Gasteiger partial charge in [0.25, 0.3) is 0 Å². The molecule has 1 saturated heterocycles. The van der Waals surface area contributed by atoms with Gasteiger partial charge in [0.1, 0.15) is 6.10 Å². The van der Waals surface area contributed by atoms with Crippen LogP contribution in [0.4, 0.5) is 0 Å². The predicted octanol–water partition coefficient (Wildman–Crippen LogP) is 4.50. The molecule has 1 aromatic rings. The van der Waals surface area contributed by atoms with Gasteiger partial charge in [-0.3, -0.25) is 0 Å². The molecule has 0 aromatic heterocycles. The van der Waals surface area contributed by atoms with Crippen molar-refractivity contribution >= 4 is 0 Å². The molecule has 130 valence electrons. The van der Waals surface area contributed by atoms with E-state index in [0.29, 0.717) is 11.5 Å². The quantitative estimate of drug-likeness (QED) is 0.543. The fourth-order valence-electron chi connectivity index (χ4n) is 6.25. The Bertz CT molecular complexity index is 537. The summed E-state index contributed by atoms with van der Waals surface area (Å²) >= 11 is 0. The first-order valence-electron chi connectivity index (χ1n) is 10.1. The number of aryl methyl sites for hydroxylation is 1. The first kappa shape index (κ1) is 15.4. The van der Waals surface area contributed by atoms with Crippen molar-refractivity contribution in [2.75, 3.05) is 19.8 Å². The lowest BCUT2D eigenvalue weighted by Gasteiger charge is -2.57. The van der Waals surface area contributed by atoms with Crippen LogP contribution in [0.5, 0.6) is 0 Å². The molecule has 6 rings (SSSR count). The van der Waals surface area contributed by atoms with Crippen LogP contribution in [0.3, 0.4) is 0 Å². The second kappa shape index (κ2) is 6.14. The maximum Gasteiger partial charge on any atom is 0.104 e. The normalized spacial score (nSPS) is 39.3. The number of hydrogen-bond acceptors (Lipinski definition) is 2. The Hall–Kier alpha value is -0.860. The van der Waals surface area contributed by atoms with Gasteiger partial charge < -0.3 is 9.47 Å². The Kier molecular flexibility index (Phi) is 3.94. The molecule has 1 heterocycles. The molecule has 5 aliphatic rings. The van der Waals surface area contributed by atoms with E-state index in [-0.39, 0.29) is 0 Å². The maximum atomic E-state index is 5.64. The van der Waals surface area contributed by atoms with Crippen molar-refractivity contribution in [3.8, 4) is 0 Å². The van der Waals surface area contributed by atoms with Crippen molar-refractivity contribution in [3.63, 3.8) is 0 Å². The van der Waals surface area contributed by atoms with Gasteiger partial charge in [0.15, 0.2) is 0 Å². The summed E-state index contributed by atoms with van der Waals surface area (Å²) in [5, 5.41) is 0. The van der Waals surface area contributed by atoms with Crippen LogP contribution < -0.4 is 0 Å². The number of hydrogen-bond donors (Lipinski definition) is 0. The summed E-state index contributed by atoms with van der Waals surface area (Å²) in [7, 11) is 0. The first-order valence-corrected chi connectivity index (χ1v) is 10.1. The second-order valence-corrected chi connectivity index (χ2v) is 9.03. The first-order chi connectivity index (χ1) is 11.8. The highest BCUT2D eigenvalue weighted by Gasteiger charge is 2.51. The van der Waals surface area contributed by atoms with E-state index < -0.39 is 0 Å². The largest absolute Gasteiger partial charge is 0.379 e. The van der Waals surface area contributed by atoms with Crippen molar-refractivity contribution < 1.29 is 9.47 Å². The molecule has 1 unspecified atom stereocenters. The Morgan fingerprint density at radius 3 is 2.17 bits per heavy atom. The van der Waals surface area contributed by atoms with E-state index in [2.05, 4.69) is 24.3 Å². The highest BCUT2D eigenvalue weighted by molar-refractivity contribution is 5.32. The molecule has 1 atom stereocenters. The van der Waals surface area contributed by atoms with E-state index in [4.69, 9.17) is 9.47 Å². The van der Waals surface area contributed by atoms with Gasteiger partial charge in [-0.25, -0.2) is 0 Å². The molecule has 1 aromatic carbocycles. The lowest BCUT2D eigenvalue weighted by molar-refractivity contribution is -0.00519. The zero-order valence-electron chi connectivity index (χ0n) is 14.7. The van der Waals surface area contributed by atoms with Crippen LogP contribution in [0.15, 0.2) is 24.3 Å².